The summed E-state index contributed by atoms with van der Waals surface area (Å²) in [7, 11) is 3.60. The number of hydrogen-bond donors (Lipinski definition) is 0. The molecule has 0 N–H and O–H groups in total. The number of ether oxygens (including phenoxy) is 1. The van der Waals surface area contributed by atoms with Crippen molar-refractivity contribution in [1.29, 1.82) is 0 Å². The summed E-state index contributed by atoms with van der Waals surface area (Å²) in [5, 5.41) is 4.27. The van der Waals surface area contributed by atoms with Crippen LogP contribution < -0.4 is 9.64 Å². The first kappa shape index (κ1) is 12.4. The van der Waals surface area contributed by atoms with Gasteiger partial charge in [0.15, 0.2) is 5.65 Å². The molecule has 0 atom stereocenters. The maximum Gasteiger partial charge on any atom is 0.234 e. The molecule has 3 aromatic rings. The zero-order valence-electron chi connectivity index (χ0n) is 11.6. The zero-order chi connectivity index (χ0) is 14.1. The van der Waals surface area contributed by atoms with Crippen molar-refractivity contribution in [3.05, 3.63) is 42.4 Å². The number of rotatable bonds is 3. The average molecular weight is 269 g/mol. The van der Waals surface area contributed by atoms with Gasteiger partial charge in [0.1, 0.15) is 11.6 Å². The van der Waals surface area contributed by atoms with Crippen LogP contribution in [0.5, 0.6) is 5.75 Å². The summed E-state index contributed by atoms with van der Waals surface area (Å²) in [6.45, 7) is 1.87. The lowest BCUT2D eigenvalue weighted by Gasteiger charge is -2.19. The third-order valence-electron chi connectivity index (χ3n) is 3.11. The highest BCUT2D eigenvalue weighted by Gasteiger charge is 2.12. The summed E-state index contributed by atoms with van der Waals surface area (Å²) in [5.74, 6) is 2.27. The Bertz CT molecular complexity index is 735. The highest BCUT2D eigenvalue weighted by molar-refractivity contribution is 5.59. The number of hydrogen-bond acceptors (Lipinski definition) is 5. The molecule has 0 fully saturated rings. The van der Waals surface area contributed by atoms with Crippen LogP contribution in [0.4, 0.5) is 11.6 Å². The first-order valence-electron chi connectivity index (χ1n) is 6.25. The van der Waals surface area contributed by atoms with Gasteiger partial charge in [-0.2, -0.15) is 14.6 Å². The molecular formula is C14H15N5O. The van der Waals surface area contributed by atoms with Crippen molar-refractivity contribution >= 4 is 17.3 Å². The minimum absolute atomic E-state index is 0.716. The van der Waals surface area contributed by atoms with E-state index in [0.717, 1.165) is 23.0 Å². The monoisotopic (exact) mass is 269 g/mol. The molecule has 0 spiro atoms. The number of methoxy groups -OCH3 is 1. The maximum atomic E-state index is 5.17. The number of nitrogens with zero attached hydrogens (tertiary/aromatic N) is 5. The molecule has 6 heteroatoms. The second kappa shape index (κ2) is 4.80. The molecule has 3 rings (SSSR count). The number of anilines is 2. The van der Waals surface area contributed by atoms with Crippen LogP contribution in [-0.4, -0.2) is 33.7 Å². The van der Waals surface area contributed by atoms with Gasteiger partial charge in [-0.3, -0.25) is 0 Å². The highest BCUT2D eigenvalue weighted by Crippen LogP contribution is 2.24. The molecule has 0 aliphatic heterocycles. The molecule has 6 nitrogen and oxygen atoms in total. The Kier molecular flexibility index (Phi) is 2.98. The lowest BCUT2D eigenvalue weighted by Crippen LogP contribution is -2.17. The van der Waals surface area contributed by atoms with E-state index in [1.807, 2.05) is 49.2 Å². The minimum atomic E-state index is 0.716. The van der Waals surface area contributed by atoms with E-state index in [4.69, 9.17) is 4.74 Å². The van der Waals surface area contributed by atoms with Crippen molar-refractivity contribution in [3.63, 3.8) is 0 Å². The van der Waals surface area contributed by atoms with Crippen molar-refractivity contribution in [2.45, 2.75) is 6.92 Å². The van der Waals surface area contributed by atoms with E-state index >= 15 is 0 Å². The second-order valence-electron chi connectivity index (χ2n) is 4.43. The van der Waals surface area contributed by atoms with Gasteiger partial charge < -0.3 is 9.64 Å². The van der Waals surface area contributed by atoms with Crippen molar-refractivity contribution in [2.75, 3.05) is 19.1 Å². The molecule has 2 aromatic heterocycles. The number of aromatic nitrogens is 4. The van der Waals surface area contributed by atoms with E-state index in [1.165, 1.54) is 0 Å². The fraction of sp³-hybridized carbons (Fsp3) is 0.214. The first-order chi connectivity index (χ1) is 9.69. The Morgan fingerprint density at radius 3 is 2.55 bits per heavy atom. The summed E-state index contributed by atoms with van der Waals surface area (Å²) in [5.41, 5.74) is 1.79. The molecule has 20 heavy (non-hydrogen) atoms. The smallest absolute Gasteiger partial charge is 0.234 e. The first-order valence-corrected chi connectivity index (χ1v) is 6.25. The number of fused-ring (bicyclic) bond motifs is 1. The Balaban J connectivity index is 2.06. The third kappa shape index (κ3) is 2.05. The topological polar surface area (TPSA) is 55.5 Å². The molecule has 0 aliphatic rings. The van der Waals surface area contributed by atoms with Crippen LogP contribution in [-0.2, 0) is 0 Å². The number of benzene rings is 1. The van der Waals surface area contributed by atoms with Gasteiger partial charge in [0.05, 0.1) is 13.3 Å². The normalized spacial score (nSPS) is 10.8. The van der Waals surface area contributed by atoms with Gasteiger partial charge in [0.2, 0.25) is 5.95 Å². The van der Waals surface area contributed by atoms with Gasteiger partial charge in [-0.15, -0.1) is 0 Å². The lowest BCUT2D eigenvalue weighted by molar-refractivity contribution is 0.415. The van der Waals surface area contributed by atoms with Gasteiger partial charge >= 0.3 is 0 Å². The molecule has 0 saturated heterocycles. The van der Waals surface area contributed by atoms with Gasteiger partial charge in [0, 0.05) is 18.8 Å². The summed E-state index contributed by atoms with van der Waals surface area (Å²) in [6.07, 6.45) is 1.72. The van der Waals surface area contributed by atoms with Gasteiger partial charge in [-0.1, -0.05) is 0 Å². The van der Waals surface area contributed by atoms with Crippen molar-refractivity contribution in [1.82, 2.24) is 19.6 Å². The van der Waals surface area contributed by atoms with E-state index < -0.39 is 0 Å². The Hall–Kier alpha value is -2.63. The van der Waals surface area contributed by atoms with E-state index in [0.29, 0.717) is 5.82 Å². The summed E-state index contributed by atoms with van der Waals surface area (Å²) >= 11 is 0. The van der Waals surface area contributed by atoms with Crippen LogP contribution in [0.3, 0.4) is 0 Å². The molecule has 0 bridgehead atoms. The second-order valence-corrected chi connectivity index (χ2v) is 4.43. The largest absolute Gasteiger partial charge is 0.497 e. The van der Waals surface area contributed by atoms with Crippen molar-refractivity contribution in [2.24, 2.45) is 0 Å². The van der Waals surface area contributed by atoms with E-state index in [-0.39, 0.29) is 0 Å². The molecule has 0 unspecified atom stereocenters. The van der Waals surface area contributed by atoms with Gasteiger partial charge in [-0.05, 0) is 31.2 Å². The van der Waals surface area contributed by atoms with E-state index in [2.05, 4.69) is 15.1 Å². The van der Waals surface area contributed by atoms with Crippen molar-refractivity contribution < 1.29 is 4.74 Å². The Morgan fingerprint density at radius 1 is 1.10 bits per heavy atom. The van der Waals surface area contributed by atoms with Crippen LogP contribution >= 0.6 is 0 Å². The van der Waals surface area contributed by atoms with E-state index in [1.54, 1.807) is 17.8 Å². The van der Waals surface area contributed by atoms with Crippen LogP contribution in [0.15, 0.2) is 36.5 Å². The van der Waals surface area contributed by atoms with Crippen LogP contribution in [0.25, 0.3) is 5.65 Å². The quantitative estimate of drug-likeness (QED) is 0.729. The third-order valence-corrected chi connectivity index (χ3v) is 3.11. The molecule has 2 heterocycles. The molecule has 0 radical (unpaired) electrons. The zero-order valence-corrected chi connectivity index (χ0v) is 11.6. The Morgan fingerprint density at radius 2 is 1.85 bits per heavy atom. The van der Waals surface area contributed by atoms with Crippen LogP contribution in [0.1, 0.15) is 5.82 Å². The van der Waals surface area contributed by atoms with Gasteiger partial charge in [-0.25, -0.2) is 4.98 Å². The summed E-state index contributed by atoms with van der Waals surface area (Å²) in [6, 6.07) is 9.65. The molecule has 0 amide bonds. The van der Waals surface area contributed by atoms with Gasteiger partial charge in [0.25, 0.3) is 0 Å². The fourth-order valence-corrected chi connectivity index (χ4v) is 2.06. The number of aryl methyl sites for hydroxylation is 1. The van der Waals surface area contributed by atoms with Crippen molar-refractivity contribution in [3.8, 4) is 5.75 Å². The average Bonchev–Trinajstić information content (AvgIpc) is 2.94. The molecular weight excluding hydrogens is 254 g/mol. The standard InChI is InChI=1S/C14H15N5O/c1-10-16-13-8-9-15-19(13)14(17-10)18(2)11-4-6-12(20-3)7-5-11/h4-9H,1-3H3. The summed E-state index contributed by atoms with van der Waals surface area (Å²) in [4.78, 5) is 10.8. The summed E-state index contributed by atoms with van der Waals surface area (Å²) < 4.78 is 6.89. The van der Waals surface area contributed by atoms with Crippen LogP contribution in [0.2, 0.25) is 0 Å². The molecule has 0 aliphatic carbocycles. The molecule has 102 valence electrons. The highest BCUT2D eigenvalue weighted by atomic mass is 16.5. The lowest BCUT2D eigenvalue weighted by atomic mass is 10.3. The SMILES string of the molecule is COc1ccc(N(C)c2nc(C)nc3ccnn23)cc1. The Labute approximate surface area is 116 Å². The minimum Gasteiger partial charge on any atom is -0.497 e. The predicted octanol–water partition coefficient (Wildman–Crippen LogP) is 2.21. The van der Waals surface area contributed by atoms with E-state index in [9.17, 15) is 0 Å². The fourth-order valence-electron chi connectivity index (χ4n) is 2.06. The predicted molar refractivity (Wildman–Crippen MR) is 76.6 cm³/mol. The molecule has 1 aromatic carbocycles. The molecule has 0 saturated carbocycles. The maximum absolute atomic E-state index is 5.17. The van der Waals surface area contributed by atoms with Crippen LogP contribution in [0, 0.1) is 6.92 Å².